The molecule has 270 valence electrons. The molecule has 6 aromatic rings. The smallest absolute Gasteiger partial charge is 0.253 e. The molecule has 11 nitrogen and oxygen atoms in total. The highest BCUT2D eigenvalue weighted by atomic mass is 79.9. The number of anilines is 2. The zero-order valence-electron chi connectivity index (χ0n) is 28.7. The van der Waals surface area contributed by atoms with Crippen LogP contribution in [0.15, 0.2) is 95.6 Å². The Kier molecular flexibility index (Phi) is 9.37. The van der Waals surface area contributed by atoms with Gasteiger partial charge in [0.05, 0.1) is 40.0 Å². The molecule has 2 saturated heterocycles. The Morgan fingerprint density at radius 1 is 0.811 bits per heavy atom. The van der Waals surface area contributed by atoms with E-state index in [9.17, 15) is 18.4 Å². The van der Waals surface area contributed by atoms with E-state index in [4.69, 9.17) is 10.7 Å². The van der Waals surface area contributed by atoms with Crippen LogP contribution in [0.5, 0.6) is 0 Å². The van der Waals surface area contributed by atoms with Gasteiger partial charge in [0.2, 0.25) is 5.95 Å². The van der Waals surface area contributed by atoms with Crippen molar-refractivity contribution in [1.82, 2.24) is 34.3 Å². The molecule has 8 rings (SSSR count). The van der Waals surface area contributed by atoms with Crippen LogP contribution in [0.25, 0.3) is 22.3 Å². The maximum Gasteiger partial charge on any atom is 0.253 e. The summed E-state index contributed by atoms with van der Waals surface area (Å²) in [6.07, 6.45) is 2.83. The fraction of sp³-hybridized carbons (Fsp3) is 0.256. The number of hydrogen-bond donors (Lipinski definition) is 1. The largest absolute Gasteiger partial charge is 0.396 e. The van der Waals surface area contributed by atoms with Crippen molar-refractivity contribution >= 4 is 50.4 Å². The number of hydrogen-bond acceptors (Lipinski definition) is 7. The molecule has 0 atom stereocenters. The molecular weight excluding hydrogens is 744 g/mol. The number of carbonyl (C=O) groups is 2. The molecule has 53 heavy (non-hydrogen) atoms. The van der Waals surface area contributed by atoms with Crippen molar-refractivity contribution in [3.63, 3.8) is 0 Å². The Bertz CT molecular complexity index is 2310. The summed E-state index contributed by atoms with van der Waals surface area (Å²) in [5, 5.41) is 8.31. The molecule has 2 aliphatic heterocycles. The van der Waals surface area contributed by atoms with Crippen molar-refractivity contribution in [1.29, 1.82) is 0 Å². The number of para-hydroxylation sites is 2. The van der Waals surface area contributed by atoms with Crippen LogP contribution in [-0.4, -0.2) is 85.4 Å². The zero-order valence-corrected chi connectivity index (χ0v) is 30.3. The monoisotopic (exact) mass is 779 g/mol. The number of aromatic nitrogens is 5. The van der Waals surface area contributed by atoms with Crippen LogP contribution in [0.3, 0.4) is 0 Å². The summed E-state index contributed by atoms with van der Waals surface area (Å²) in [6, 6.07) is 26.5. The van der Waals surface area contributed by atoms with Crippen LogP contribution in [0, 0.1) is 11.6 Å². The van der Waals surface area contributed by atoms with Gasteiger partial charge in [-0.15, -0.1) is 5.10 Å². The second kappa shape index (κ2) is 14.4. The number of carbonyl (C=O) groups excluding carboxylic acids is 2. The van der Waals surface area contributed by atoms with Crippen molar-refractivity contribution in [3.8, 4) is 11.3 Å². The number of nitrogens with zero attached hydrogens (tertiary/aromatic N) is 8. The zero-order chi connectivity index (χ0) is 36.6. The van der Waals surface area contributed by atoms with E-state index < -0.39 is 11.6 Å². The standard InChI is InChI=1S/C39H36BrF2N9O2/c40-34-30(41)22-29(36(43)35(34)42)32-24-51(46-45-32)28-13-15-47(16-14-28)37(52)26-9-6-10-27(21-26)38(53)48-17-19-49(20-18-48)39-44-31-11-4-5-12-33(31)50(39)23-25-7-2-1-3-8-25/h1-12,21-22,24,28H,13-20,23,43H2. The summed E-state index contributed by atoms with van der Waals surface area (Å²) < 4.78 is 32.1. The number of halogens is 3. The number of piperazine rings is 1. The molecule has 0 bridgehead atoms. The van der Waals surface area contributed by atoms with Crippen LogP contribution >= 0.6 is 15.9 Å². The molecule has 0 saturated carbocycles. The van der Waals surface area contributed by atoms with Crippen molar-refractivity contribution in [3.05, 3.63) is 124 Å². The topological polar surface area (TPSA) is 118 Å². The first kappa shape index (κ1) is 34.5. The van der Waals surface area contributed by atoms with Crippen LogP contribution in [0.2, 0.25) is 0 Å². The Morgan fingerprint density at radius 3 is 2.19 bits per heavy atom. The van der Waals surface area contributed by atoms with Gasteiger partial charge in [-0.2, -0.15) is 0 Å². The number of amides is 2. The van der Waals surface area contributed by atoms with Crippen molar-refractivity contribution in [2.24, 2.45) is 0 Å². The second-order valence-electron chi connectivity index (χ2n) is 13.4. The van der Waals surface area contributed by atoms with Gasteiger partial charge in [0.25, 0.3) is 11.8 Å². The number of nitrogen functional groups attached to an aromatic ring is 1. The van der Waals surface area contributed by atoms with E-state index >= 15 is 0 Å². The van der Waals surface area contributed by atoms with Crippen LogP contribution in [0.1, 0.15) is 45.2 Å². The Labute approximate surface area is 312 Å². The molecule has 4 heterocycles. The highest BCUT2D eigenvalue weighted by Crippen LogP contribution is 2.34. The summed E-state index contributed by atoms with van der Waals surface area (Å²) in [7, 11) is 0. The molecule has 0 aliphatic carbocycles. The van der Waals surface area contributed by atoms with Crippen molar-refractivity contribution in [2.45, 2.75) is 25.4 Å². The van der Waals surface area contributed by atoms with Gasteiger partial charge in [-0.1, -0.05) is 53.7 Å². The number of piperidine rings is 1. The molecule has 2 aromatic heterocycles. The summed E-state index contributed by atoms with van der Waals surface area (Å²) in [5.41, 5.74) is 10.2. The molecule has 0 unspecified atom stereocenters. The van der Waals surface area contributed by atoms with Gasteiger partial charge in [-0.05, 0) is 70.7 Å². The predicted octanol–water partition coefficient (Wildman–Crippen LogP) is 6.41. The van der Waals surface area contributed by atoms with Crippen molar-refractivity contribution in [2.75, 3.05) is 49.9 Å². The summed E-state index contributed by atoms with van der Waals surface area (Å²) in [6.45, 7) is 3.96. The van der Waals surface area contributed by atoms with Crippen LogP contribution in [-0.2, 0) is 6.54 Å². The normalized spacial score (nSPS) is 15.3. The van der Waals surface area contributed by atoms with E-state index in [0.29, 0.717) is 69.8 Å². The second-order valence-corrected chi connectivity index (χ2v) is 14.2. The van der Waals surface area contributed by atoms with Gasteiger partial charge in [-0.25, -0.2) is 18.4 Å². The van der Waals surface area contributed by atoms with Crippen LogP contribution < -0.4 is 10.6 Å². The first-order chi connectivity index (χ1) is 25.7. The maximum atomic E-state index is 14.4. The Hall–Kier alpha value is -5.63. The number of imidazole rings is 1. The highest BCUT2D eigenvalue weighted by Gasteiger charge is 2.29. The van der Waals surface area contributed by atoms with Gasteiger partial charge in [-0.3, -0.25) is 9.59 Å². The van der Waals surface area contributed by atoms with Gasteiger partial charge < -0.3 is 25.0 Å². The quantitative estimate of drug-likeness (QED) is 0.147. The van der Waals surface area contributed by atoms with E-state index in [-0.39, 0.29) is 39.3 Å². The lowest BCUT2D eigenvalue weighted by atomic mass is 10.0. The third kappa shape index (κ3) is 6.74. The molecule has 2 aliphatic rings. The predicted molar refractivity (Wildman–Crippen MR) is 201 cm³/mol. The first-order valence-electron chi connectivity index (χ1n) is 17.5. The lowest BCUT2D eigenvalue weighted by Crippen LogP contribution is -2.49. The molecule has 2 fully saturated rings. The Balaban J connectivity index is 0.894. The molecule has 4 aromatic carbocycles. The summed E-state index contributed by atoms with van der Waals surface area (Å²) in [5.74, 6) is -1.03. The number of benzene rings is 4. The van der Waals surface area contributed by atoms with E-state index in [2.05, 4.69) is 53.9 Å². The Morgan fingerprint density at radius 2 is 1.47 bits per heavy atom. The minimum absolute atomic E-state index is 0.0620. The lowest BCUT2D eigenvalue weighted by molar-refractivity contribution is 0.0689. The fourth-order valence-corrected chi connectivity index (χ4v) is 7.55. The molecular formula is C39H36BrF2N9O2. The number of fused-ring (bicyclic) bond motifs is 1. The lowest BCUT2D eigenvalue weighted by Gasteiger charge is -2.35. The highest BCUT2D eigenvalue weighted by molar-refractivity contribution is 9.10. The van der Waals surface area contributed by atoms with E-state index in [1.54, 1.807) is 40.0 Å². The fourth-order valence-electron chi connectivity index (χ4n) is 7.22. The minimum Gasteiger partial charge on any atom is -0.396 e. The first-order valence-corrected chi connectivity index (χ1v) is 18.3. The van der Waals surface area contributed by atoms with Gasteiger partial charge in [0, 0.05) is 56.0 Å². The molecule has 0 radical (unpaired) electrons. The van der Waals surface area contributed by atoms with E-state index in [1.807, 2.05) is 41.3 Å². The number of likely N-dealkylation sites (tertiary alicyclic amines) is 1. The van der Waals surface area contributed by atoms with Gasteiger partial charge in [0.15, 0.2) is 5.82 Å². The van der Waals surface area contributed by atoms with E-state index in [1.165, 1.54) is 5.56 Å². The average Bonchev–Trinajstić information content (AvgIpc) is 3.84. The third-order valence-corrected chi connectivity index (χ3v) is 10.9. The van der Waals surface area contributed by atoms with Crippen molar-refractivity contribution < 1.29 is 18.4 Å². The SMILES string of the molecule is Nc1c(-c2cn(C3CCN(C(=O)c4cccc(C(=O)N5CCN(c6nc7ccccc7n6Cc6ccccc6)CC5)c4)CC3)nn2)cc(F)c(Br)c1F. The van der Waals surface area contributed by atoms with E-state index in [0.717, 1.165) is 23.0 Å². The summed E-state index contributed by atoms with van der Waals surface area (Å²) >= 11 is 2.86. The maximum absolute atomic E-state index is 14.4. The van der Waals surface area contributed by atoms with Crippen LogP contribution in [0.4, 0.5) is 20.4 Å². The molecule has 2 amide bonds. The average molecular weight is 781 g/mol. The molecule has 14 heteroatoms. The van der Waals surface area contributed by atoms with Gasteiger partial charge >= 0.3 is 0 Å². The molecule has 0 spiro atoms. The molecule has 2 N–H and O–H groups in total. The summed E-state index contributed by atoms with van der Waals surface area (Å²) in [4.78, 5) is 38.2. The number of rotatable bonds is 7. The number of nitrogens with two attached hydrogens (primary N) is 1. The minimum atomic E-state index is -0.887. The third-order valence-electron chi connectivity index (χ3n) is 10.1. The van der Waals surface area contributed by atoms with Gasteiger partial charge in [0.1, 0.15) is 11.5 Å².